The fraction of sp³-hybridized carbons (Fsp3) is 0.516. The van der Waals surface area contributed by atoms with Crippen LogP contribution in [0.5, 0.6) is 0 Å². The Kier molecular flexibility index (Phi) is 7.42. The quantitative estimate of drug-likeness (QED) is 0.395. The molecule has 2 N–H and O–H groups in total. The average Bonchev–Trinajstić information content (AvgIpc) is 3.68. The Balaban J connectivity index is 1.40. The van der Waals surface area contributed by atoms with Crippen molar-refractivity contribution in [3.8, 4) is 11.3 Å². The zero-order chi connectivity index (χ0) is 27.0. The number of anilines is 2. The molecule has 1 aliphatic heterocycles. The SMILES string of the molecule is CC(=O)Nc1ccc(-c2cc3cc(CN4CCS(=O)(=O)CC4)cc(N(C4CCCC4)C4CCCC4)c3[nH]2)cc1. The van der Waals surface area contributed by atoms with Gasteiger partial charge in [-0.15, -0.1) is 0 Å². The van der Waals surface area contributed by atoms with Crippen molar-refractivity contribution >= 4 is 38.0 Å². The van der Waals surface area contributed by atoms with Crippen LogP contribution in [0.3, 0.4) is 0 Å². The molecule has 1 aromatic heterocycles. The van der Waals surface area contributed by atoms with Gasteiger partial charge in [0.2, 0.25) is 5.91 Å². The number of carbonyl (C=O) groups excluding carboxylic acids is 1. The molecule has 2 aliphatic carbocycles. The molecule has 2 heterocycles. The highest BCUT2D eigenvalue weighted by molar-refractivity contribution is 7.91. The van der Waals surface area contributed by atoms with Crippen molar-refractivity contribution in [2.75, 3.05) is 34.8 Å². The summed E-state index contributed by atoms with van der Waals surface area (Å²) in [5, 5.41) is 4.05. The highest BCUT2D eigenvalue weighted by atomic mass is 32.2. The first-order chi connectivity index (χ1) is 18.8. The van der Waals surface area contributed by atoms with Gasteiger partial charge in [0.25, 0.3) is 0 Å². The minimum atomic E-state index is -2.90. The molecule has 6 rings (SSSR count). The van der Waals surface area contributed by atoms with Crippen LogP contribution in [0, 0.1) is 0 Å². The molecule has 0 radical (unpaired) electrons. The Labute approximate surface area is 231 Å². The van der Waals surface area contributed by atoms with Crippen LogP contribution in [0.25, 0.3) is 22.2 Å². The van der Waals surface area contributed by atoms with Crippen molar-refractivity contribution in [2.24, 2.45) is 0 Å². The van der Waals surface area contributed by atoms with Gasteiger partial charge in [0, 0.05) is 55.4 Å². The summed E-state index contributed by atoms with van der Waals surface area (Å²) in [5.74, 6) is 0.429. The lowest BCUT2D eigenvalue weighted by Crippen LogP contribution is -2.41. The first kappa shape index (κ1) is 26.4. The van der Waals surface area contributed by atoms with Crippen LogP contribution in [0.4, 0.5) is 11.4 Å². The third-order valence-corrected chi connectivity index (χ3v) is 10.5. The Bertz CT molecular complexity index is 1400. The number of aromatic amines is 1. The van der Waals surface area contributed by atoms with Gasteiger partial charge >= 0.3 is 0 Å². The van der Waals surface area contributed by atoms with Gasteiger partial charge in [-0.3, -0.25) is 9.69 Å². The van der Waals surface area contributed by atoms with Crippen molar-refractivity contribution in [3.05, 3.63) is 48.0 Å². The molecule has 3 aromatic rings. The fourth-order valence-electron chi connectivity index (χ4n) is 6.90. The predicted octanol–water partition coefficient (Wildman–Crippen LogP) is 5.72. The second kappa shape index (κ2) is 11.0. The van der Waals surface area contributed by atoms with Gasteiger partial charge in [-0.25, -0.2) is 8.42 Å². The summed E-state index contributed by atoms with van der Waals surface area (Å²) in [6, 6.07) is 16.1. The minimum absolute atomic E-state index is 0.0734. The number of rotatable bonds is 7. The molecule has 7 nitrogen and oxygen atoms in total. The second-order valence-electron chi connectivity index (χ2n) is 11.7. The van der Waals surface area contributed by atoms with Crippen LogP contribution in [-0.2, 0) is 21.2 Å². The molecule has 1 amide bonds. The van der Waals surface area contributed by atoms with Crippen LogP contribution >= 0.6 is 0 Å². The largest absolute Gasteiger partial charge is 0.364 e. The van der Waals surface area contributed by atoms with Crippen LogP contribution in [0.2, 0.25) is 0 Å². The lowest BCUT2D eigenvalue weighted by molar-refractivity contribution is -0.114. The molecule has 0 atom stereocenters. The van der Waals surface area contributed by atoms with E-state index in [0.29, 0.717) is 25.2 Å². The van der Waals surface area contributed by atoms with Gasteiger partial charge < -0.3 is 15.2 Å². The number of sulfone groups is 1. The minimum Gasteiger partial charge on any atom is -0.364 e. The van der Waals surface area contributed by atoms with Gasteiger partial charge in [-0.05, 0) is 67.1 Å². The number of amides is 1. The third kappa shape index (κ3) is 5.87. The number of hydrogen-bond acceptors (Lipinski definition) is 5. The van der Waals surface area contributed by atoms with E-state index < -0.39 is 9.84 Å². The topological polar surface area (TPSA) is 85.5 Å². The Morgan fingerprint density at radius 1 is 0.949 bits per heavy atom. The van der Waals surface area contributed by atoms with Crippen molar-refractivity contribution in [1.29, 1.82) is 0 Å². The number of nitrogens with zero attached hydrogens (tertiary/aromatic N) is 2. The standard InChI is InChI=1S/C31H40N4O3S/c1-22(36)32-26-12-10-24(11-13-26)29-20-25-18-23(21-34-14-16-39(37,38)17-15-34)19-30(31(25)33-29)35(27-6-2-3-7-27)28-8-4-5-9-28/h10-13,18-20,27-28,33H,2-9,14-17,21H2,1H3,(H,32,36). The van der Waals surface area contributed by atoms with Crippen LogP contribution < -0.4 is 10.2 Å². The Morgan fingerprint density at radius 2 is 1.56 bits per heavy atom. The van der Waals surface area contributed by atoms with Crippen LogP contribution in [0.15, 0.2) is 42.5 Å². The maximum atomic E-state index is 12.0. The number of hydrogen-bond donors (Lipinski definition) is 2. The predicted molar refractivity (Wildman–Crippen MR) is 159 cm³/mol. The molecule has 0 spiro atoms. The number of fused-ring (bicyclic) bond motifs is 1. The Morgan fingerprint density at radius 3 is 2.15 bits per heavy atom. The van der Waals surface area contributed by atoms with Gasteiger partial charge in [0.05, 0.1) is 22.7 Å². The maximum absolute atomic E-state index is 12.0. The molecular formula is C31H40N4O3S. The lowest BCUT2D eigenvalue weighted by Gasteiger charge is -2.37. The maximum Gasteiger partial charge on any atom is 0.221 e. The van der Waals surface area contributed by atoms with E-state index in [4.69, 9.17) is 0 Å². The van der Waals surface area contributed by atoms with Crippen molar-refractivity contribution in [1.82, 2.24) is 9.88 Å². The Hall–Kier alpha value is -2.84. The smallest absolute Gasteiger partial charge is 0.221 e. The molecule has 39 heavy (non-hydrogen) atoms. The molecule has 3 aliphatic rings. The van der Waals surface area contributed by atoms with Crippen molar-refractivity contribution in [3.63, 3.8) is 0 Å². The van der Waals surface area contributed by atoms with Crippen molar-refractivity contribution in [2.45, 2.75) is 76.9 Å². The van der Waals surface area contributed by atoms with Crippen molar-refractivity contribution < 1.29 is 13.2 Å². The molecule has 1 saturated heterocycles. The summed E-state index contributed by atoms with van der Waals surface area (Å²) >= 11 is 0. The van der Waals surface area contributed by atoms with E-state index in [2.05, 4.69) is 50.4 Å². The van der Waals surface area contributed by atoms with Gasteiger partial charge in [0.1, 0.15) is 0 Å². The molecule has 0 unspecified atom stereocenters. The summed E-state index contributed by atoms with van der Waals surface area (Å²) < 4.78 is 24.0. The molecule has 2 aromatic carbocycles. The molecule has 8 heteroatoms. The lowest BCUT2D eigenvalue weighted by atomic mass is 10.0. The number of nitrogens with one attached hydrogen (secondary N) is 2. The zero-order valence-corrected chi connectivity index (χ0v) is 23.7. The van der Waals surface area contributed by atoms with Crippen LogP contribution in [-0.4, -0.2) is 60.9 Å². The number of H-pyrrole nitrogens is 1. The molecule has 3 fully saturated rings. The van der Waals surface area contributed by atoms with Gasteiger partial charge in [0.15, 0.2) is 9.84 Å². The van der Waals surface area contributed by atoms with E-state index in [1.165, 1.54) is 80.4 Å². The highest BCUT2D eigenvalue weighted by Gasteiger charge is 2.32. The molecule has 0 bridgehead atoms. The number of benzene rings is 2. The number of carbonyl (C=O) groups is 1. The summed E-state index contributed by atoms with van der Waals surface area (Å²) in [7, 11) is -2.90. The molecule has 2 saturated carbocycles. The van der Waals surface area contributed by atoms with Gasteiger partial charge in [-0.2, -0.15) is 0 Å². The molecular weight excluding hydrogens is 508 g/mol. The summed E-state index contributed by atoms with van der Waals surface area (Å²) in [6.45, 7) is 3.49. The summed E-state index contributed by atoms with van der Waals surface area (Å²) in [4.78, 5) is 20.3. The van der Waals surface area contributed by atoms with Gasteiger partial charge in [-0.1, -0.05) is 37.8 Å². The highest BCUT2D eigenvalue weighted by Crippen LogP contribution is 2.40. The van der Waals surface area contributed by atoms with E-state index in [0.717, 1.165) is 23.5 Å². The normalized spacial score (nSPS) is 20.5. The summed E-state index contributed by atoms with van der Waals surface area (Å²) in [6.07, 6.45) is 10.2. The fourth-order valence-corrected chi connectivity index (χ4v) is 8.17. The van der Waals surface area contributed by atoms with E-state index in [1.807, 2.05) is 12.1 Å². The monoisotopic (exact) mass is 548 g/mol. The van der Waals surface area contributed by atoms with E-state index in [-0.39, 0.29) is 17.4 Å². The third-order valence-electron chi connectivity index (χ3n) is 8.84. The van der Waals surface area contributed by atoms with E-state index >= 15 is 0 Å². The number of aromatic nitrogens is 1. The van der Waals surface area contributed by atoms with E-state index in [9.17, 15) is 13.2 Å². The summed E-state index contributed by atoms with van der Waals surface area (Å²) in [5.41, 5.74) is 6.71. The first-order valence-corrected chi connectivity index (χ1v) is 16.4. The van der Waals surface area contributed by atoms with E-state index in [1.54, 1.807) is 0 Å². The zero-order valence-electron chi connectivity index (χ0n) is 22.9. The molecule has 208 valence electrons. The second-order valence-corrected chi connectivity index (χ2v) is 14.0. The first-order valence-electron chi connectivity index (χ1n) is 14.6. The van der Waals surface area contributed by atoms with Crippen LogP contribution in [0.1, 0.15) is 63.9 Å². The average molecular weight is 549 g/mol.